The summed E-state index contributed by atoms with van der Waals surface area (Å²) in [5, 5.41) is 0. The van der Waals surface area contributed by atoms with Gasteiger partial charge in [-0.2, -0.15) is 0 Å². The summed E-state index contributed by atoms with van der Waals surface area (Å²) in [5.41, 5.74) is 7.47. The van der Waals surface area contributed by atoms with E-state index < -0.39 is 10.0 Å². The molecule has 3 N–H and O–H groups in total. The van der Waals surface area contributed by atoms with Crippen LogP contribution in [0.5, 0.6) is 0 Å². The molecule has 0 bridgehead atoms. The molecule has 0 spiro atoms. The topological polar surface area (TPSA) is 72.2 Å². The first-order valence-electron chi connectivity index (χ1n) is 5.28. The highest BCUT2D eigenvalue weighted by Crippen LogP contribution is 2.17. The fourth-order valence-electron chi connectivity index (χ4n) is 1.24. The third-order valence-corrected chi connectivity index (χ3v) is 3.44. The van der Waals surface area contributed by atoms with E-state index in [0.717, 1.165) is 5.56 Å². The Morgan fingerprint density at radius 3 is 2.71 bits per heavy atom. The smallest absolute Gasteiger partial charge is 0.232 e. The fraction of sp³-hybridized carbons (Fsp3) is 0.333. The van der Waals surface area contributed by atoms with Gasteiger partial charge in [-0.15, -0.1) is 0 Å². The number of hydrogen-bond acceptors (Lipinski definition) is 3. The van der Waals surface area contributed by atoms with Gasteiger partial charge in [0, 0.05) is 5.56 Å². The summed E-state index contributed by atoms with van der Waals surface area (Å²) in [7, 11) is -3.28. The third-order valence-electron chi connectivity index (χ3n) is 2.15. The molecule has 0 aliphatic heterocycles. The normalized spacial score (nSPS) is 10.5. The number of nitrogens with one attached hydrogen (secondary N) is 1. The highest BCUT2D eigenvalue weighted by Gasteiger charge is 2.09. The lowest BCUT2D eigenvalue weighted by molar-refractivity contribution is 0.602. The minimum absolute atomic E-state index is 0.0324. The molecular formula is C12H16N2O2S. The number of sulfonamides is 1. The van der Waals surface area contributed by atoms with Gasteiger partial charge in [-0.1, -0.05) is 17.9 Å². The van der Waals surface area contributed by atoms with E-state index >= 15 is 0 Å². The van der Waals surface area contributed by atoms with E-state index in [4.69, 9.17) is 5.73 Å². The first-order valence-corrected chi connectivity index (χ1v) is 6.94. The van der Waals surface area contributed by atoms with Gasteiger partial charge in [0.25, 0.3) is 0 Å². The lowest BCUT2D eigenvalue weighted by atomic mass is 10.1. The van der Waals surface area contributed by atoms with Crippen molar-refractivity contribution in [2.75, 3.05) is 17.0 Å². The lowest BCUT2D eigenvalue weighted by Crippen LogP contribution is -2.15. The molecule has 17 heavy (non-hydrogen) atoms. The van der Waals surface area contributed by atoms with E-state index in [1.807, 2.05) is 19.1 Å². The molecule has 0 saturated heterocycles. The van der Waals surface area contributed by atoms with E-state index in [1.165, 1.54) is 0 Å². The number of nitrogens with two attached hydrogens (primary N) is 1. The summed E-state index contributed by atoms with van der Waals surface area (Å²) in [6, 6.07) is 5.38. The van der Waals surface area contributed by atoms with Gasteiger partial charge in [-0.25, -0.2) is 8.42 Å². The van der Waals surface area contributed by atoms with Crippen molar-refractivity contribution in [1.82, 2.24) is 0 Å². The molecular weight excluding hydrogens is 236 g/mol. The predicted molar refractivity (Wildman–Crippen MR) is 70.2 cm³/mol. The van der Waals surface area contributed by atoms with Gasteiger partial charge in [-0.3, -0.25) is 4.72 Å². The van der Waals surface area contributed by atoms with Crippen molar-refractivity contribution in [2.45, 2.75) is 13.8 Å². The van der Waals surface area contributed by atoms with Crippen LogP contribution in [0, 0.1) is 18.8 Å². The average Bonchev–Trinajstić information content (AvgIpc) is 2.29. The zero-order valence-electron chi connectivity index (χ0n) is 9.95. The fourth-order valence-corrected chi connectivity index (χ4v) is 1.89. The van der Waals surface area contributed by atoms with Crippen LogP contribution >= 0.6 is 0 Å². The first-order chi connectivity index (χ1) is 7.98. The molecule has 0 atom stereocenters. The molecule has 0 aliphatic rings. The average molecular weight is 252 g/mol. The minimum atomic E-state index is -3.28. The van der Waals surface area contributed by atoms with Crippen molar-refractivity contribution in [3.8, 4) is 11.8 Å². The maximum Gasteiger partial charge on any atom is 0.232 e. The summed E-state index contributed by atoms with van der Waals surface area (Å²) in [6.45, 7) is 3.75. The molecule has 0 radical (unpaired) electrons. The Hall–Kier alpha value is -1.51. The van der Waals surface area contributed by atoms with Gasteiger partial charge in [0.05, 0.1) is 18.0 Å². The highest BCUT2D eigenvalue weighted by molar-refractivity contribution is 7.92. The molecule has 1 aromatic rings. The molecule has 0 fully saturated rings. The lowest BCUT2D eigenvalue weighted by Gasteiger charge is -2.08. The number of aryl methyl sites for hydroxylation is 1. The van der Waals surface area contributed by atoms with E-state index in [9.17, 15) is 8.42 Å². The SMILES string of the molecule is CCS(=O)(=O)Nc1ccc(C)cc1C#CCN. The van der Waals surface area contributed by atoms with Crippen LogP contribution < -0.4 is 10.5 Å². The van der Waals surface area contributed by atoms with E-state index in [0.29, 0.717) is 11.3 Å². The van der Waals surface area contributed by atoms with Crippen LogP contribution in [0.25, 0.3) is 0 Å². The van der Waals surface area contributed by atoms with Crippen molar-refractivity contribution in [1.29, 1.82) is 0 Å². The number of benzene rings is 1. The summed E-state index contributed by atoms with van der Waals surface area (Å²) >= 11 is 0. The molecule has 0 heterocycles. The van der Waals surface area contributed by atoms with Gasteiger partial charge in [0.2, 0.25) is 10.0 Å². The van der Waals surface area contributed by atoms with Gasteiger partial charge in [0.15, 0.2) is 0 Å². The predicted octanol–water partition coefficient (Wildman–Crippen LogP) is 1.07. The molecule has 0 amide bonds. The van der Waals surface area contributed by atoms with E-state index in [-0.39, 0.29) is 12.3 Å². The van der Waals surface area contributed by atoms with Crippen LogP contribution in [0.2, 0.25) is 0 Å². The Morgan fingerprint density at radius 1 is 1.41 bits per heavy atom. The van der Waals surface area contributed by atoms with Gasteiger partial charge >= 0.3 is 0 Å². The Bertz CT molecular complexity index is 554. The van der Waals surface area contributed by atoms with Gasteiger partial charge in [-0.05, 0) is 31.5 Å². The van der Waals surface area contributed by atoms with Crippen LogP contribution in [0.4, 0.5) is 5.69 Å². The van der Waals surface area contributed by atoms with Crippen molar-refractivity contribution in [2.24, 2.45) is 5.73 Å². The monoisotopic (exact) mass is 252 g/mol. The standard InChI is InChI=1S/C12H16N2O2S/c1-3-17(15,16)14-12-7-6-10(2)9-11(12)5-4-8-13/h6-7,9,14H,3,8,13H2,1-2H3. The molecule has 4 nitrogen and oxygen atoms in total. The highest BCUT2D eigenvalue weighted by atomic mass is 32.2. The summed E-state index contributed by atoms with van der Waals surface area (Å²) in [6.07, 6.45) is 0. The van der Waals surface area contributed by atoms with Gasteiger partial charge in [0.1, 0.15) is 0 Å². The molecule has 1 rings (SSSR count). The zero-order valence-corrected chi connectivity index (χ0v) is 10.8. The van der Waals surface area contributed by atoms with E-state index in [2.05, 4.69) is 16.6 Å². The Balaban J connectivity index is 3.15. The molecule has 1 aromatic carbocycles. The minimum Gasteiger partial charge on any atom is -0.320 e. The van der Waals surface area contributed by atoms with Crippen LogP contribution in [0.15, 0.2) is 18.2 Å². The van der Waals surface area contributed by atoms with Crippen molar-refractivity contribution >= 4 is 15.7 Å². The maximum atomic E-state index is 11.5. The Morgan fingerprint density at radius 2 is 2.12 bits per heavy atom. The first kappa shape index (κ1) is 13.6. The zero-order chi connectivity index (χ0) is 12.9. The van der Waals surface area contributed by atoms with Crippen molar-refractivity contribution in [3.05, 3.63) is 29.3 Å². The number of anilines is 1. The Labute approximate surface area is 102 Å². The number of hydrogen-bond donors (Lipinski definition) is 2. The largest absolute Gasteiger partial charge is 0.320 e. The second-order valence-corrected chi connectivity index (χ2v) is 5.57. The molecule has 0 saturated carbocycles. The second-order valence-electron chi connectivity index (χ2n) is 3.56. The summed E-state index contributed by atoms with van der Waals surface area (Å²) in [4.78, 5) is 0. The van der Waals surface area contributed by atoms with E-state index in [1.54, 1.807) is 13.0 Å². The van der Waals surface area contributed by atoms with Crippen LogP contribution in [0.1, 0.15) is 18.1 Å². The maximum absolute atomic E-state index is 11.5. The third kappa shape index (κ3) is 4.10. The molecule has 92 valence electrons. The summed E-state index contributed by atoms with van der Waals surface area (Å²) in [5.74, 6) is 5.61. The van der Waals surface area contributed by atoms with Crippen LogP contribution in [-0.4, -0.2) is 20.7 Å². The van der Waals surface area contributed by atoms with Crippen molar-refractivity contribution < 1.29 is 8.42 Å². The van der Waals surface area contributed by atoms with Crippen molar-refractivity contribution in [3.63, 3.8) is 0 Å². The Kier molecular flexibility index (Phi) is 4.55. The quantitative estimate of drug-likeness (QED) is 0.790. The van der Waals surface area contributed by atoms with Crippen LogP contribution in [0.3, 0.4) is 0 Å². The number of rotatable bonds is 3. The molecule has 0 aromatic heterocycles. The molecule has 0 aliphatic carbocycles. The van der Waals surface area contributed by atoms with Gasteiger partial charge < -0.3 is 5.73 Å². The van der Waals surface area contributed by atoms with Crippen LogP contribution in [-0.2, 0) is 10.0 Å². The second kappa shape index (κ2) is 5.71. The molecule has 0 unspecified atom stereocenters. The summed E-state index contributed by atoms with van der Waals surface area (Å²) < 4.78 is 25.5. The molecule has 5 heteroatoms.